The van der Waals surface area contributed by atoms with Gasteiger partial charge in [-0.3, -0.25) is 4.99 Å². The number of hydrogen-bond donors (Lipinski definition) is 3. The van der Waals surface area contributed by atoms with Crippen LogP contribution >= 0.6 is 0 Å². The van der Waals surface area contributed by atoms with Crippen LogP contribution in [-0.4, -0.2) is 35.9 Å². The average Bonchev–Trinajstić information content (AvgIpc) is 3.45. The van der Waals surface area contributed by atoms with Crippen LogP contribution in [0.2, 0.25) is 0 Å². The van der Waals surface area contributed by atoms with Crippen LogP contribution in [-0.2, 0) is 6.42 Å². The molecule has 1 aromatic heterocycles. The van der Waals surface area contributed by atoms with Crippen molar-refractivity contribution in [2.45, 2.75) is 25.7 Å². The van der Waals surface area contributed by atoms with Crippen LogP contribution in [0.3, 0.4) is 0 Å². The molecule has 0 atom stereocenters. The first-order valence-corrected chi connectivity index (χ1v) is 9.10. The number of anilines is 1. The van der Waals surface area contributed by atoms with E-state index in [1.807, 2.05) is 0 Å². The summed E-state index contributed by atoms with van der Waals surface area (Å²) in [5.41, 5.74) is 7.71. The van der Waals surface area contributed by atoms with E-state index in [1.165, 1.54) is 29.7 Å². The fraction of sp³-hybridized carbons (Fsp3) is 0.421. The van der Waals surface area contributed by atoms with Crippen molar-refractivity contribution in [1.82, 2.24) is 20.4 Å². The number of rotatable bonds is 7. The molecule has 1 saturated carbocycles. The summed E-state index contributed by atoms with van der Waals surface area (Å²) in [6.07, 6.45) is 3.96. The zero-order valence-corrected chi connectivity index (χ0v) is 15.4. The maximum absolute atomic E-state index is 13.1. The van der Waals surface area contributed by atoms with Crippen molar-refractivity contribution in [3.8, 4) is 11.8 Å². The third-order valence-corrected chi connectivity index (χ3v) is 4.54. The van der Waals surface area contributed by atoms with E-state index in [0.29, 0.717) is 29.9 Å². The first-order chi connectivity index (χ1) is 13.1. The fourth-order valence-corrected chi connectivity index (χ4v) is 2.80. The van der Waals surface area contributed by atoms with E-state index in [-0.39, 0.29) is 11.6 Å². The Morgan fingerprint density at radius 2 is 2.11 bits per heavy atom. The maximum atomic E-state index is 13.1. The van der Waals surface area contributed by atoms with Gasteiger partial charge in [-0.15, -0.1) is 0 Å². The van der Waals surface area contributed by atoms with Crippen molar-refractivity contribution < 1.29 is 4.39 Å². The standard InChI is InChI=1S/C19H24FN7/c1-23-19(25-12-13-4-5-13)24-10-2-3-17-16(11-21)18(22)27(26-17)15-8-6-14(20)7-9-15/h6-9,13H,2-5,10,12,22H2,1H3,(H2,23,24,25). The number of nitrogens with zero attached hydrogens (tertiary/aromatic N) is 4. The van der Waals surface area contributed by atoms with Gasteiger partial charge < -0.3 is 16.4 Å². The Morgan fingerprint density at radius 1 is 1.37 bits per heavy atom. The molecule has 1 aliphatic rings. The molecule has 0 spiro atoms. The third kappa shape index (κ3) is 4.76. The molecule has 0 saturated heterocycles. The highest BCUT2D eigenvalue weighted by Crippen LogP contribution is 2.27. The molecule has 0 amide bonds. The number of aromatic nitrogens is 2. The lowest BCUT2D eigenvalue weighted by Gasteiger charge is -2.10. The van der Waals surface area contributed by atoms with Gasteiger partial charge in [-0.2, -0.15) is 10.4 Å². The van der Waals surface area contributed by atoms with Gasteiger partial charge in [0.05, 0.1) is 11.4 Å². The predicted molar refractivity (Wildman–Crippen MR) is 103 cm³/mol. The Labute approximate surface area is 158 Å². The van der Waals surface area contributed by atoms with Gasteiger partial charge >= 0.3 is 0 Å². The Kier molecular flexibility index (Phi) is 5.91. The zero-order chi connectivity index (χ0) is 19.2. The Balaban J connectivity index is 1.58. The van der Waals surface area contributed by atoms with Gasteiger partial charge in [-0.05, 0) is 55.9 Å². The van der Waals surface area contributed by atoms with E-state index >= 15 is 0 Å². The smallest absolute Gasteiger partial charge is 0.190 e. The molecule has 1 aromatic carbocycles. The largest absolute Gasteiger partial charge is 0.382 e. The lowest BCUT2D eigenvalue weighted by molar-refractivity contribution is 0.627. The average molecular weight is 369 g/mol. The number of nitrogen functional groups attached to an aromatic ring is 1. The number of aryl methyl sites for hydroxylation is 1. The first kappa shape index (κ1) is 18.7. The van der Waals surface area contributed by atoms with E-state index in [4.69, 9.17) is 5.73 Å². The van der Waals surface area contributed by atoms with Crippen molar-refractivity contribution >= 4 is 11.8 Å². The molecule has 1 heterocycles. The van der Waals surface area contributed by atoms with Gasteiger partial charge in [0.25, 0.3) is 0 Å². The Hall–Kier alpha value is -3.08. The molecule has 0 radical (unpaired) electrons. The second kappa shape index (κ2) is 8.54. The van der Waals surface area contributed by atoms with E-state index in [9.17, 15) is 9.65 Å². The van der Waals surface area contributed by atoms with Crippen molar-refractivity contribution in [3.63, 3.8) is 0 Å². The number of nitrogens with two attached hydrogens (primary N) is 1. The SMILES string of the molecule is CN=C(NCCCc1nn(-c2ccc(F)cc2)c(N)c1C#N)NCC1CC1. The second-order valence-corrected chi connectivity index (χ2v) is 6.63. The molecule has 8 heteroatoms. The molecule has 1 fully saturated rings. The van der Waals surface area contributed by atoms with Crippen molar-refractivity contribution in [2.24, 2.45) is 10.9 Å². The lowest BCUT2D eigenvalue weighted by Crippen LogP contribution is -2.38. The number of benzene rings is 1. The molecule has 0 aliphatic heterocycles. The van der Waals surface area contributed by atoms with E-state index in [0.717, 1.165) is 24.8 Å². The van der Waals surface area contributed by atoms with E-state index in [1.54, 1.807) is 19.2 Å². The monoisotopic (exact) mass is 369 g/mol. The molecule has 0 unspecified atom stereocenters. The summed E-state index contributed by atoms with van der Waals surface area (Å²) in [6.45, 7) is 1.66. The summed E-state index contributed by atoms with van der Waals surface area (Å²) in [5.74, 6) is 1.51. The molecule has 142 valence electrons. The first-order valence-electron chi connectivity index (χ1n) is 9.10. The van der Waals surface area contributed by atoms with Gasteiger partial charge in [0, 0.05) is 20.1 Å². The summed E-state index contributed by atoms with van der Waals surface area (Å²) in [4.78, 5) is 4.20. The highest BCUT2D eigenvalue weighted by molar-refractivity contribution is 5.79. The van der Waals surface area contributed by atoms with Crippen LogP contribution < -0.4 is 16.4 Å². The number of nitriles is 1. The van der Waals surface area contributed by atoms with Gasteiger partial charge in [0.1, 0.15) is 23.3 Å². The van der Waals surface area contributed by atoms with Crippen molar-refractivity contribution in [3.05, 3.63) is 41.3 Å². The number of nitrogens with one attached hydrogen (secondary N) is 2. The fourth-order valence-electron chi connectivity index (χ4n) is 2.80. The highest BCUT2D eigenvalue weighted by atomic mass is 19.1. The minimum absolute atomic E-state index is 0.272. The van der Waals surface area contributed by atoms with E-state index < -0.39 is 0 Å². The zero-order valence-electron chi connectivity index (χ0n) is 15.4. The molecule has 4 N–H and O–H groups in total. The summed E-state index contributed by atoms with van der Waals surface area (Å²) in [6, 6.07) is 7.97. The lowest BCUT2D eigenvalue weighted by atomic mass is 10.1. The third-order valence-electron chi connectivity index (χ3n) is 4.54. The molecule has 7 nitrogen and oxygen atoms in total. The van der Waals surface area contributed by atoms with Gasteiger partial charge in [-0.1, -0.05) is 0 Å². The van der Waals surface area contributed by atoms with Crippen LogP contribution in [0.5, 0.6) is 0 Å². The molecule has 1 aliphatic carbocycles. The number of halogens is 1. The quantitative estimate of drug-likeness (QED) is 0.393. The minimum atomic E-state index is -0.333. The number of hydrogen-bond acceptors (Lipinski definition) is 4. The topological polar surface area (TPSA) is 104 Å². The molecule has 2 aromatic rings. The predicted octanol–water partition coefficient (Wildman–Crippen LogP) is 1.97. The second-order valence-electron chi connectivity index (χ2n) is 6.63. The normalized spacial score (nSPS) is 14.0. The number of aliphatic imine (C=N–C) groups is 1. The van der Waals surface area contributed by atoms with Crippen LogP contribution in [0.4, 0.5) is 10.2 Å². The molecule has 3 rings (SSSR count). The molecular formula is C19H24FN7. The summed E-state index contributed by atoms with van der Waals surface area (Å²) in [7, 11) is 1.75. The minimum Gasteiger partial charge on any atom is -0.382 e. The maximum Gasteiger partial charge on any atom is 0.190 e. The van der Waals surface area contributed by atoms with Crippen molar-refractivity contribution in [1.29, 1.82) is 5.26 Å². The Bertz CT molecular complexity index is 844. The van der Waals surface area contributed by atoms with E-state index in [2.05, 4.69) is 26.8 Å². The summed E-state index contributed by atoms with van der Waals surface area (Å²) in [5, 5.41) is 20.5. The van der Waals surface area contributed by atoms with Gasteiger partial charge in [0.15, 0.2) is 5.96 Å². The highest BCUT2D eigenvalue weighted by Gasteiger charge is 2.21. The van der Waals surface area contributed by atoms with Crippen LogP contribution in [0.15, 0.2) is 29.3 Å². The van der Waals surface area contributed by atoms with Crippen molar-refractivity contribution in [2.75, 3.05) is 25.9 Å². The summed E-state index contributed by atoms with van der Waals surface area (Å²) < 4.78 is 14.6. The van der Waals surface area contributed by atoms with Crippen LogP contribution in [0.1, 0.15) is 30.5 Å². The van der Waals surface area contributed by atoms with Crippen LogP contribution in [0.25, 0.3) is 5.69 Å². The van der Waals surface area contributed by atoms with Gasteiger partial charge in [0.2, 0.25) is 0 Å². The molecule has 27 heavy (non-hydrogen) atoms. The molecular weight excluding hydrogens is 345 g/mol. The number of guanidine groups is 1. The van der Waals surface area contributed by atoms with Gasteiger partial charge in [-0.25, -0.2) is 9.07 Å². The molecule has 0 bridgehead atoms. The summed E-state index contributed by atoms with van der Waals surface area (Å²) >= 11 is 0. The van der Waals surface area contributed by atoms with Crippen LogP contribution in [0, 0.1) is 23.1 Å². The Morgan fingerprint density at radius 3 is 2.74 bits per heavy atom.